The van der Waals surface area contributed by atoms with E-state index < -0.39 is 0 Å². The summed E-state index contributed by atoms with van der Waals surface area (Å²) < 4.78 is 4.52. The molecule has 1 unspecified atom stereocenters. The molecule has 0 radical (unpaired) electrons. The summed E-state index contributed by atoms with van der Waals surface area (Å²) in [6.07, 6.45) is 1.75. The standard InChI is InChI=1S/C12H15ClN2O3S/c1-8(19-6-5-11(16)18-2)12(17)15-10-4-3-9(13)7-14-10/h3-4,7-8H,5-6H2,1-2H3,(H,14,15,17). The SMILES string of the molecule is COC(=O)CCSC(C)C(=O)Nc1ccc(Cl)cn1. The Morgan fingerprint density at radius 1 is 1.53 bits per heavy atom. The summed E-state index contributed by atoms with van der Waals surface area (Å²) in [5, 5.41) is 2.91. The normalized spacial score (nSPS) is 11.7. The van der Waals surface area contributed by atoms with E-state index in [1.54, 1.807) is 19.1 Å². The highest BCUT2D eigenvalue weighted by Gasteiger charge is 2.14. The van der Waals surface area contributed by atoms with Crippen molar-refractivity contribution >= 4 is 41.1 Å². The number of carbonyl (C=O) groups excluding carboxylic acids is 2. The molecule has 0 aliphatic rings. The molecule has 1 aromatic heterocycles. The number of pyridine rings is 1. The summed E-state index contributed by atoms with van der Waals surface area (Å²) in [5.41, 5.74) is 0. The van der Waals surface area contributed by atoms with Gasteiger partial charge in [0, 0.05) is 11.9 Å². The van der Waals surface area contributed by atoms with Gasteiger partial charge in [0.25, 0.3) is 0 Å². The molecular formula is C12H15ClN2O3S. The average Bonchev–Trinajstić information content (AvgIpc) is 2.40. The maximum absolute atomic E-state index is 11.8. The van der Waals surface area contributed by atoms with Crippen molar-refractivity contribution in [2.45, 2.75) is 18.6 Å². The van der Waals surface area contributed by atoms with Crippen LogP contribution in [0, 0.1) is 0 Å². The molecule has 7 heteroatoms. The van der Waals surface area contributed by atoms with E-state index in [1.807, 2.05) is 0 Å². The molecule has 104 valence electrons. The molecule has 0 saturated carbocycles. The van der Waals surface area contributed by atoms with Crippen LogP contribution in [0.3, 0.4) is 0 Å². The second-order valence-corrected chi connectivity index (χ2v) is 5.58. The highest BCUT2D eigenvalue weighted by atomic mass is 35.5. The maximum atomic E-state index is 11.8. The Morgan fingerprint density at radius 2 is 2.26 bits per heavy atom. The molecular weight excluding hydrogens is 288 g/mol. The molecule has 0 fully saturated rings. The summed E-state index contributed by atoms with van der Waals surface area (Å²) in [7, 11) is 1.34. The van der Waals surface area contributed by atoms with E-state index in [-0.39, 0.29) is 23.5 Å². The van der Waals surface area contributed by atoms with E-state index >= 15 is 0 Å². The van der Waals surface area contributed by atoms with Crippen LogP contribution in [0.4, 0.5) is 5.82 Å². The van der Waals surface area contributed by atoms with E-state index in [1.165, 1.54) is 25.1 Å². The van der Waals surface area contributed by atoms with Gasteiger partial charge < -0.3 is 10.1 Å². The van der Waals surface area contributed by atoms with E-state index in [2.05, 4.69) is 15.0 Å². The van der Waals surface area contributed by atoms with Gasteiger partial charge >= 0.3 is 5.97 Å². The minimum Gasteiger partial charge on any atom is -0.469 e. The number of halogens is 1. The van der Waals surface area contributed by atoms with Crippen LogP contribution >= 0.6 is 23.4 Å². The van der Waals surface area contributed by atoms with Crippen LogP contribution in [-0.2, 0) is 14.3 Å². The van der Waals surface area contributed by atoms with Crippen LogP contribution in [-0.4, -0.2) is 35.0 Å². The van der Waals surface area contributed by atoms with Crippen LogP contribution in [0.25, 0.3) is 0 Å². The zero-order valence-corrected chi connectivity index (χ0v) is 12.3. The van der Waals surface area contributed by atoms with Crippen molar-refractivity contribution in [3.63, 3.8) is 0 Å². The molecule has 0 saturated heterocycles. The lowest BCUT2D eigenvalue weighted by atomic mass is 10.4. The monoisotopic (exact) mass is 302 g/mol. The van der Waals surface area contributed by atoms with E-state index in [0.29, 0.717) is 16.6 Å². The lowest BCUT2D eigenvalue weighted by Crippen LogP contribution is -2.23. The Balaban J connectivity index is 2.36. The number of rotatable bonds is 6. The first-order valence-corrected chi connectivity index (χ1v) is 7.06. The van der Waals surface area contributed by atoms with Crippen LogP contribution < -0.4 is 5.32 Å². The largest absolute Gasteiger partial charge is 0.469 e. The van der Waals surface area contributed by atoms with Gasteiger partial charge in [0.05, 0.1) is 23.8 Å². The van der Waals surface area contributed by atoms with Gasteiger partial charge in [-0.3, -0.25) is 9.59 Å². The molecule has 1 atom stereocenters. The zero-order chi connectivity index (χ0) is 14.3. The molecule has 0 aromatic carbocycles. The fourth-order valence-corrected chi connectivity index (χ4v) is 2.13. The topological polar surface area (TPSA) is 68.3 Å². The number of methoxy groups -OCH3 is 1. The summed E-state index contributed by atoms with van der Waals surface area (Å²) >= 11 is 7.08. The van der Waals surface area contributed by atoms with E-state index in [9.17, 15) is 9.59 Å². The minimum absolute atomic E-state index is 0.162. The second kappa shape index (κ2) is 8.01. The summed E-state index contributed by atoms with van der Waals surface area (Å²) in [4.78, 5) is 26.7. The van der Waals surface area contributed by atoms with Crippen molar-refractivity contribution in [1.29, 1.82) is 0 Å². The highest BCUT2D eigenvalue weighted by molar-refractivity contribution is 8.00. The van der Waals surface area contributed by atoms with Gasteiger partial charge in [-0.15, -0.1) is 11.8 Å². The van der Waals surface area contributed by atoms with E-state index in [4.69, 9.17) is 11.6 Å². The van der Waals surface area contributed by atoms with Crippen LogP contribution in [0.1, 0.15) is 13.3 Å². The molecule has 1 amide bonds. The van der Waals surface area contributed by atoms with Crippen LogP contribution in [0.15, 0.2) is 18.3 Å². The average molecular weight is 303 g/mol. The Kier molecular flexibility index (Phi) is 6.66. The smallest absolute Gasteiger partial charge is 0.306 e. The number of amides is 1. The summed E-state index contributed by atoms with van der Waals surface area (Å²) in [6, 6.07) is 3.28. The molecule has 19 heavy (non-hydrogen) atoms. The number of esters is 1. The summed E-state index contributed by atoms with van der Waals surface area (Å²) in [5.74, 6) is 0.550. The number of thioether (sulfide) groups is 1. The Hall–Kier alpha value is -1.27. The minimum atomic E-state index is -0.278. The number of nitrogens with zero attached hydrogens (tertiary/aromatic N) is 1. The van der Waals surface area contributed by atoms with Crippen LogP contribution in [0.2, 0.25) is 5.02 Å². The fourth-order valence-electron chi connectivity index (χ4n) is 1.17. The Bertz CT molecular complexity index is 439. The van der Waals surface area contributed by atoms with Crippen molar-refractivity contribution in [2.75, 3.05) is 18.2 Å². The van der Waals surface area contributed by atoms with Crippen molar-refractivity contribution in [1.82, 2.24) is 4.98 Å². The number of carbonyl (C=O) groups is 2. The first-order valence-electron chi connectivity index (χ1n) is 5.63. The predicted octanol–water partition coefficient (Wildman–Crippen LogP) is 2.36. The number of nitrogens with one attached hydrogen (secondary N) is 1. The van der Waals surface area contributed by atoms with Gasteiger partial charge in [-0.05, 0) is 19.1 Å². The molecule has 0 spiro atoms. The van der Waals surface area contributed by atoms with E-state index in [0.717, 1.165) is 0 Å². The third-order valence-electron chi connectivity index (χ3n) is 2.25. The van der Waals surface area contributed by atoms with Gasteiger partial charge in [-0.25, -0.2) is 4.98 Å². The van der Waals surface area contributed by atoms with Crippen molar-refractivity contribution in [3.05, 3.63) is 23.4 Å². The lowest BCUT2D eigenvalue weighted by Gasteiger charge is -2.11. The van der Waals surface area contributed by atoms with Crippen molar-refractivity contribution in [2.24, 2.45) is 0 Å². The number of hydrogen-bond acceptors (Lipinski definition) is 5. The van der Waals surface area contributed by atoms with Gasteiger partial charge in [0.15, 0.2) is 0 Å². The molecule has 0 aliphatic carbocycles. The molecule has 5 nitrogen and oxygen atoms in total. The maximum Gasteiger partial charge on any atom is 0.306 e. The first-order chi connectivity index (χ1) is 9.02. The third-order valence-corrected chi connectivity index (χ3v) is 3.63. The zero-order valence-electron chi connectivity index (χ0n) is 10.7. The van der Waals surface area contributed by atoms with Gasteiger partial charge in [-0.1, -0.05) is 11.6 Å². The lowest BCUT2D eigenvalue weighted by molar-refractivity contribution is -0.140. The highest BCUT2D eigenvalue weighted by Crippen LogP contribution is 2.15. The fraction of sp³-hybridized carbons (Fsp3) is 0.417. The van der Waals surface area contributed by atoms with Crippen LogP contribution in [0.5, 0.6) is 0 Å². The second-order valence-electron chi connectivity index (χ2n) is 3.69. The number of aromatic nitrogens is 1. The van der Waals surface area contributed by atoms with Gasteiger partial charge in [-0.2, -0.15) is 0 Å². The number of anilines is 1. The Labute approximate surface area is 121 Å². The number of ether oxygens (including phenoxy) is 1. The summed E-state index contributed by atoms with van der Waals surface area (Å²) in [6.45, 7) is 1.77. The first kappa shape index (κ1) is 15.8. The third kappa shape index (κ3) is 5.94. The van der Waals surface area contributed by atoms with Crippen molar-refractivity contribution < 1.29 is 14.3 Å². The Morgan fingerprint density at radius 3 is 2.84 bits per heavy atom. The van der Waals surface area contributed by atoms with Gasteiger partial charge in [0.2, 0.25) is 5.91 Å². The quantitative estimate of drug-likeness (QED) is 0.817. The molecule has 1 rings (SSSR count). The van der Waals surface area contributed by atoms with Gasteiger partial charge in [0.1, 0.15) is 5.82 Å². The molecule has 1 heterocycles. The number of hydrogen-bond donors (Lipinski definition) is 1. The molecule has 1 N–H and O–H groups in total. The predicted molar refractivity (Wildman–Crippen MR) is 76.4 cm³/mol. The van der Waals surface area contributed by atoms with Crippen molar-refractivity contribution in [3.8, 4) is 0 Å². The molecule has 0 bridgehead atoms. The molecule has 1 aromatic rings. The molecule has 0 aliphatic heterocycles.